The van der Waals surface area contributed by atoms with E-state index in [9.17, 15) is 9.59 Å². The van der Waals surface area contributed by atoms with E-state index in [-0.39, 0.29) is 19.0 Å². The molecule has 2 aromatic rings. The van der Waals surface area contributed by atoms with Gasteiger partial charge in [0.15, 0.2) is 5.78 Å². The third-order valence-corrected chi connectivity index (χ3v) is 6.78. The van der Waals surface area contributed by atoms with Gasteiger partial charge in [-0.2, -0.15) is 0 Å². The van der Waals surface area contributed by atoms with Crippen molar-refractivity contribution in [3.63, 3.8) is 0 Å². The van der Waals surface area contributed by atoms with Gasteiger partial charge in [-0.15, -0.1) is 0 Å². The van der Waals surface area contributed by atoms with Gasteiger partial charge in [-0.3, -0.25) is 4.79 Å². The zero-order valence-electron chi connectivity index (χ0n) is 19.6. The van der Waals surface area contributed by atoms with E-state index >= 15 is 0 Å². The summed E-state index contributed by atoms with van der Waals surface area (Å²) < 4.78 is 17.9. The van der Waals surface area contributed by atoms with Gasteiger partial charge < -0.3 is 19.5 Å². The zero-order valence-corrected chi connectivity index (χ0v) is 21.2. The van der Waals surface area contributed by atoms with Gasteiger partial charge in [-0.05, 0) is 72.4 Å². The Hall–Kier alpha value is -3.06. The van der Waals surface area contributed by atoms with Crippen LogP contribution in [0.25, 0.3) is 0 Å². The highest BCUT2D eigenvalue weighted by atomic mass is 79.9. The number of para-hydroxylation sites is 1. The van der Waals surface area contributed by atoms with Crippen LogP contribution >= 0.6 is 15.9 Å². The normalized spacial score (nSPS) is 17.8. The number of hydrogen-bond acceptors (Lipinski definition) is 6. The van der Waals surface area contributed by atoms with Crippen molar-refractivity contribution in [3.8, 4) is 11.5 Å². The minimum atomic E-state index is -0.504. The van der Waals surface area contributed by atoms with Gasteiger partial charge in [0.05, 0.1) is 23.8 Å². The smallest absolute Gasteiger partial charge is 0.336 e. The Labute approximate surface area is 208 Å². The van der Waals surface area contributed by atoms with Gasteiger partial charge in [0, 0.05) is 34.9 Å². The lowest BCUT2D eigenvalue weighted by Gasteiger charge is -2.34. The molecule has 1 N–H and O–H groups in total. The SMILES string of the molecule is CCOC(=O)C1=C(C)NC2=C(C(=O)CCC2)[C@@H]1c1ccc(OC)c(COc2ccccc2Br)c1. The van der Waals surface area contributed by atoms with E-state index in [4.69, 9.17) is 14.2 Å². The molecule has 34 heavy (non-hydrogen) atoms. The zero-order chi connectivity index (χ0) is 24.2. The molecule has 0 fully saturated rings. The third-order valence-electron chi connectivity index (χ3n) is 6.13. The fourth-order valence-corrected chi connectivity index (χ4v) is 5.00. The standard InChI is InChI=1S/C27H28BrNO5/c1-4-33-27(31)24-16(2)29-20-9-7-10-21(30)26(20)25(24)17-12-13-22(32-3)18(14-17)15-34-23-11-6-5-8-19(23)28/h5-6,8,11-14,25,29H,4,7,9-10,15H2,1-3H3/t25-/m1/s1. The van der Waals surface area contributed by atoms with Crippen LogP contribution in [-0.2, 0) is 20.9 Å². The molecule has 6 nitrogen and oxygen atoms in total. The van der Waals surface area contributed by atoms with Crippen LogP contribution in [0.2, 0.25) is 0 Å². The number of ether oxygens (including phenoxy) is 3. The van der Waals surface area contributed by atoms with Gasteiger partial charge in [0.2, 0.25) is 0 Å². The number of rotatable bonds is 7. The number of nitrogens with one attached hydrogen (secondary N) is 1. The predicted molar refractivity (Wildman–Crippen MR) is 133 cm³/mol. The summed E-state index contributed by atoms with van der Waals surface area (Å²) in [5.74, 6) is 0.537. The van der Waals surface area contributed by atoms with Gasteiger partial charge in [-0.25, -0.2) is 4.79 Å². The molecule has 2 aliphatic rings. The van der Waals surface area contributed by atoms with Crippen LogP contribution in [0.4, 0.5) is 0 Å². The monoisotopic (exact) mass is 525 g/mol. The van der Waals surface area contributed by atoms with Gasteiger partial charge in [0.25, 0.3) is 0 Å². The highest BCUT2D eigenvalue weighted by molar-refractivity contribution is 9.10. The van der Waals surface area contributed by atoms with Gasteiger partial charge in [0.1, 0.15) is 18.1 Å². The van der Waals surface area contributed by atoms with Crippen LogP contribution in [0.5, 0.6) is 11.5 Å². The Morgan fingerprint density at radius 3 is 2.68 bits per heavy atom. The Kier molecular flexibility index (Phi) is 7.41. The lowest BCUT2D eigenvalue weighted by molar-refractivity contribution is -0.138. The number of halogens is 1. The second-order valence-corrected chi connectivity index (χ2v) is 9.13. The summed E-state index contributed by atoms with van der Waals surface area (Å²) in [5, 5.41) is 3.31. The second-order valence-electron chi connectivity index (χ2n) is 8.28. The highest BCUT2D eigenvalue weighted by Crippen LogP contribution is 2.43. The van der Waals surface area contributed by atoms with Crippen molar-refractivity contribution in [2.75, 3.05) is 13.7 Å². The Balaban J connectivity index is 1.77. The number of Topliss-reactive ketones (excluding diaryl/α,β-unsaturated/α-hetero) is 1. The predicted octanol–water partition coefficient (Wildman–Crippen LogP) is 5.57. The average molecular weight is 526 g/mol. The molecule has 0 saturated heterocycles. The van der Waals surface area contributed by atoms with Crippen LogP contribution in [0, 0.1) is 0 Å². The Morgan fingerprint density at radius 1 is 1.15 bits per heavy atom. The largest absolute Gasteiger partial charge is 0.496 e. The molecule has 0 spiro atoms. The maximum Gasteiger partial charge on any atom is 0.336 e. The number of dihydropyridines is 1. The summed E-state index contributed by atoms with van der Waals surface area (Å²) in [4.78, 5) is 26.1. The molecule has 0 aromatic heterocycles. The lowest BCUT2D eigenvalue weighted by atomic mass is 9.75. The second kappa shape index (κ2) is 10.5. The van der Waals surface area contributed by atoms with Crippen LogP contribution in [-0.4, -0.2) is 25.5 Å². The molecular weight excluding hydrogens is 498 g/mol. The number of carbonyl (C=O) groups is 2. The fraction of sp³-hybridized carbons (Fsp3) is 0.333. The molecule has 178 valence electrons. The van der Waals surface area contributed by atoms with Crippen molar-refractivity contribution >= 4 is 27.7 Å². The minimum absolute atomic E-state index is 0.0647. The van der Waals surface area contributed by atoms with E-state index in [2.05, 4.69) is 21.2 Å². The van der Waals surface area contributed by atoms with E-state index in [1.165, 1.54) is 0 Å². The van der Waals surface area contributed by atoms with E-state index in [0.29, 0.717) is 29.1 Å². The molecule has 0 radical (unpaired) electrons. The first-order valence-electron chi connectivity index (χ1n) is 11.4. The summed E-state index contributed by atoms with van der Waals surface area (Å²) in [7, 11) is 1.61. The summed E-state index contributed by atoms with van der Waals surface area (Å²) in [6.45, 7) is 4.17. The average Bonchev–Trinajstić information content (AvgIpc) is 2.82. The maximum atomic E-state index is 13.1. The Bertz CT molecular complexity index is 1180. The number of carbonyl (C=O) groups excluding carboxylic acids is 2. The van der Waals surface area contributed by atoms with E-state index in [0.717, 1.165) is 39.8 Å². The first-order valence-corrected chi connectivity index (χ1v) is 12.2. The van der Waals surface area contributed by atoms with Crippen molar-refractivity contribution in [1.29, 1.82) is 0 Å². The first kappa shape index (κ1) is 24.1. The Morgan fingerprint density at radius 2 is 1.94 bits per heavy atom. The topological polar surface area (TPSA) is 73.9 Å². The number of methoxy groups -OCH3 is 1. The van der Waals surface area contributed by atoms with Crippen LogP contribution in [0.1, 0.15) is 50.2 Å². The molecule has 0 saturated carbocycles. The van der Waals surface area contributed by atoms with Crippen molar-refractivity contribution in [2.24, 2.45) is 0 Å². The first-order chi connectivity index (χ1) is 16.4. The fourth-order valence-electron chi connectivity index (χ4n) is 4.60. The number of esters is 1. The molecule has 2 aromatic carbocycles. The highest BCUT2D eigenvalue weighted by Gasteiger charge is 2.39. The van der Waals surface area contributed by atoms with Crippen molar-refractivity contribution in [3.05, 3.63) is 80.6 Å². The number of ketones is 1. The quantitative estimate of drug-likeness (QED) is 0.476. The molecule has 1 aliphatic heterocycles. The number of hydrogen-bond donors (Lipinski definition) is 1. The van der Waals surface area contributed by atoms with Crippen molar-refractivity contribution in [2.45, 2.75) is 45.6 Å². The van der Waals surface area contributed by atoms with Gasteiger partial charge >= 0.3 is 5.97 Å². The van der Waals surface area contributed by atoms with Crippen LogP contribution in [0.15, 0.2) is 69.5 Å². The molecular formula is C27H28BrNO5. The van der Waals surface area contributed by atoms with Crippen LogP contribution in [0.3, 0.4) is 0 Å². The van der Waals surface area contributed by atoms with E-state index in [1.807, 2.05) is 49.4 Å². The van der Waals surface area contributed by atoms with E-state index in [1.54, 1.807) is 14.0 Å². The van der Waals surface area contributed by atoms with E-state index < -0.39 is 11.9 Å². The summed E-state index contributed by atoms with van der Waals surface area (Å²) in [6, 6.07) is 13.4. The van der Waals surface area contributed by atoms with Crippen molar-refractivity contribution in [1.82, 2.24) is 5.32 Å². The summed E-state index contributed by atoms with van der Waals surface area (Å²) in [6.07, 6.45) is 2.05. The molecule has 1 aliphatic carbocycles. The molecule has 7 heteroatoms. The summed E-state index contributed by atoms with van der Waals surface area (Å²) >= 11 is 3.51. The maximum absolute atomic E-state index is 13.1. The third kappa shape index (κ3) is 4.75. The van der Waals surface area contributed by atoms with Gasteiger partial charge in [-0.1, -0.05) is 18.2 Å². The molecule has 1 atom stereocenters. The number of allylic oxidation sites excluding steroid dienone is 3. The van der Waals surface area contributed by atoms with Crippen molar-refractivity contribution < 1.29 is 23.8 Å². The number of benzene rings is 2. The van der Waals surface area contributed by atoms with Crippen LogP contribution < -0.4 is 14.8 Å². The lowest BCUT2D eigenvalue weighted by Crippen LogP contribution is -2.34. The molecule has 1 heterocycles. The molecule has 0 unspecified atom stereocenters. The molecule has 4 rings (SSSR count). The minimum Gasteiger partial charge on any atom is -0.496 e. The summed E-state index contributed by atoms with van der Waals surface area (Å²) in [5.41, 5.74) is 4.40. The molecule has 0 bridgehead atoms. The molecule has 0 amide bonds.